The molecule has 9 heterocycles. The largest absolute Gasteiger partial charge is 0.504 e. The quantitative estimate of drug-likeness (QED) is 0.0180. The van der Waals surface area contributed by atoms with E-state index in [0.717, 1.165) is 39.5 Å². The second-order valence-electron chi connectivity index (χ2n) is 27.5. The lowest BCUT2D eigenvalue weighted by Crippen LogP contribution is -2.57. The van der Waals surface area contributed by atoms with Crippen LogP contribution in [-0.2, 0) is 100 Å². The molecule has 2 saturated carbocycles. The summed E-state index contributed by atoms with van der Waals surface area (Å²) in [6.45, 7) is 5.28. The van der Waals surface area contributed by atoms with Gasteiger partial charge in [0.05, 0.1) is 42.9 Å². The molecule has 0 radical (unpaired) electrons. The number of hydrogen-bond donors (Lipinski definition) is 6. The second-order valence-corrected chi connectivity index (χ2v) is 29.5. The van der Waals surface area contributed by atoms with Gasteiger partial charge in [-0.3, -0.25) is 38.4 Å². The van der Waals surface area contributed by atoms with Crippen LogP contribution in [0, 0.1) is 18.8 Å². The van der Waals surface area contributed by atoms with Crippen molar-refractivity contribution in [3.8, 4) is 23.0 Å². The Balaban J connectivity index is 0.000000189. The van der Waals surface area contributed by atoms with Crippen molar-refractivity contribution in [2.75, 3.05) is 18.9 Å². The molecule has 15 rings (SSSR count). The SMILES string of the molecule is Cc1nc(/C(=N/OC2(C(=O)O)CC2)C(=O)C[C@H]2CON(C3(C(=O)OC(C)(C)C)C[C@H](N4Cc5cc6c(cc5C4=O)OC(c4ccccc4)(c4ccccc4)O6)C(=O)O3)C2=O)cs1.Nc1nc(/C(=N/OC2(C(=O)O)CC2)C(=O)C[C@H]2CON(C3(C(=O)O)C[C@H](N4Cc5cc(O)c(O)cc5C4=O)C(=O)O3)C2=O)cs1. The Kier molecular flexibility index (Phi) is 17.9. The van der Waals surface area contributed by atoms with E-state index in [1.54, 1.807) is 45.2 Å². The number of anilines is 1. The summed E-state index contributed by atoms with van der Waals surface area (Å²) in [5.41, 5.74) is -1.90. The number of rotatable bonds is 22. The van der Waals surface area contributed by atoms with Crippen LogP contribution >= 0.6 is 22.7 Å². The van der Waals surface area contributed by atoms with Crippen LogP contribution < -0.4 is 15.2 Å². The number of ketones is 2. The molecule has 9 aliphatic rings. The number of nitrogens with zero attached hydrogens (tertiary/aromatic N) is 8. The van der Waals surface area contributed by atoms with Crippen molar-refractivity contribution in [3.05, 3.63) is 145 Å². The lowest BCUT2D eigenvalue weighted by atomic mass is 9.97. The normalized spacial score (nSPS) is 24.1. The average molecular weight is 1510 g/mol. The van der Waals surface area contributed by atoms with Gasteiger partial charge in [-0.1, -0.05) is 71.0 Å². The maximum Gasteiger partial charge on any atom is 0.375 e. The first-order valence-electron chi connectivity index (χ1n) is 33.2. The van der Waals surface area contributed by atoms with Gasteiger partial charge in [0.15, 0.2) is 51.1 Å². The van der Waals surface area contributed by atoms with Crippen LogP contribution in [0.15, 0.2) is 106 Å². The number of amides is 4. The van der Waals surface area contributed by atoms with Gasteiger partial charge >= 0.3 is 53.1 Å². The number of aryl methyl sites for hydroxylation is 1. The first kappa shape index (κ1) is 72.0. The smallest absolute Gasteiger partial charge is 0.375 e. The van der Waals surface area contributed by atoms with Gasteiger partial charge in [-0.25, -0.2) is 38.7 Å². The maximum absolute atomic E-state index is 14.2. The van der Waals surface area contributed by atoms with Crippen LogP contribution in [0.5, 0.6) is 23.0 Å². The predicted octanol–water partition coefficient (Wildman–Crippen LogP) is 4.40. The number of phenols is 2. The number of hydroxylamine groups is 4. The summed E-state index contributed by atoms with van der Waals surface area (Å²) in [6.07, 6.45) is -1.69. The summed E-state index contributed by atoms with van der Waals surface area (Å²) >= 11 is 2.20. The first-order chi connectivity index (χ1) is 50.8. The number of esters is 3. The molecule has 6 aromatic rings. The Morgan fingerprint density at radius 1 is 0.598 bits per heavy atom. The van der Waals surface area contributed by atoms with Gasteiger partial charge in [-0.2, -0.15) is 10.1 Å². The number of nitrogen functional groups attached to an aromatic ring is 1. The van der Waals surface area contributed by atoms with Gasteiger partial charge in [0, 0.05) is 84.6 Å². The number of hydrogen-bond acceptors (Lipinski definition) is 30. The topological polar surface area (TPSA) is 479 Å². The summed E-state index contributed by atoms with van der Waals surface area (Å²) in [7, 11) is 0. The number of nitrogens with two attached hydrogens (primary N) is 1. The van der Waals surface area contributed by atoms with E-state index in [2.05, 4.69) is 20.3 Å². The third kappa shape index (κ3) is 12.8. The first-order valence-corrected chi connectivity index (χ1v) is 34.9. The molecule has 7 N–H and O–H groups in total. The van der Waals surface area contributed by atoms with Crippen LogP contribution in [0.1, 0.15) is 132 Å². The molecular weight excluding hydrogens is 1450 g/mol. The number of fused-ring (bicyclic) bond motifs is 3. The molecular formula is C70H63N9O26S2. The summed E-state index contributed by atoms with van der Waals surface area (Å²) in [4.78, 5) is 191. The lowest BCUT2D eigenvalue weighted by Gasteiger charge is -2.35. The molecule has 107 heavy (non-hydrogen) atoms. The predicted molar refractivity (Wildman–Crippen MR) is 358 cm³/mol. The molecule has 0 spiro atoms. The van der Waals surface area contributed by atoms with Gasteiger partial charge in [-0.05, 0) is 63.1 Å². The Morgan fingerprint density at radius 2 is 1.05 bits per heavy atom. The maximum atomic E-state index is 14.2. The minimum absolute atomic E-state index is 0.0164. The van der Waals surface area contributed by atoms with Crippen molar-refractivity contribution in [3.63, 3.8) is 0 Å². The number of aliphatic carboxylic acids is 3. The summed E-state index contributed by atoms with van der Waals surface area (Å²) < 4.78 is 29.8. The minimum Gasteiger partial charge on any atom is -0.504 e. The Morgan fingerprint density at radius 3 is 1.50 bits per heavy atom. The van der Waals surface area contributed by atoms with Crippen LogP contribution in [0.4, 0.5) is 5.13 Å². The number of benzene rings is 4. The highest BCUT2D eigenvalue weighted by atomic mass is 32.1. The molecule has 4 saturated heterocycles. The second kappa shape index (κ2) is 26.6. The van der Waals surface area contributed by atoms with E-state index in [1.165, 1.54) is 21.6 Å². The number of cyclic esters (lactones) is 2. The number of carboxylic acids is 3. The van der Waals surface area contributed by atoms with Crippen molar-refractivity contribution in [1.82, 2.24) is 29.9 Å². The van der Waals surface area contributed by atoms with Crippen LogP contribution in [0.25, 0.3) is 0 Å². The standard InChI is InChI=1S/C44H40N4O13S.C26H23N5O13S/c1-24-45-30(23-62-24)35(46-61-42(15-16-42)39(53)54)32(49)17-26-22-56-48(36(26)50)43(40(55)60-41(2,3)4)20-31(38(52)59-43)47-21-25-18-33-34(19-29(25)37(47)51)58-44(57-33,27-11-7-5-8-12-27)28-13-9-6-10-14-28;27-24-28-13(9-45-24)18(29-44-25(1-2-25)22(38)39)17(34)4-11-8-42-31(19(11)35)26(23(40)41)6-14(21(37)43-26)30-7-10-3-15(32)16(33)5-12(10)20(30)36/h5-14,18-19,23,26,31H,15-17,20-22H2,1-4H3,(H,53,54);3,5,9,11,14,32-33H,1-2,4,6-8H2,(H2,27,28)(H,38,39)(H,40,41)/b46-35-;29-18-/t26-,31-,43?;11-,14-,26?/m00/s1. The highest BCUT2D eigenvalue weighted by molar-refractivity contribution is 7.13. The number of thiazole rings is 2. The number of carbonyl (C=O) groups excluding carboxylic acids is 9. The lowest BCUT2D eigenvalue weighted by molar-refractivity contribution is -0.263. The van der Waals surface area contributed by atoms with Crippen LogP contribution in [-0.4, -0.2) is 191 Å². The van der Waals surface area contributed by atoms with Gasteiger partial charge in [0.1, 0.15) is 29.1 Å². The zero-order chi connectivity index (χ0) is 76.2. The minimum atomic E-state index is -2.70. The van der Waals surface area contributed by atoms with E-state index in [0.29, 0.717) is 32.2 Å². The molecule has 2 unspecified atom stereocenters. The van der Waals surface area contributed by atoms with E-state index >= 15 is 0 Å². The molecule has 7 aliphatic heterocycles. The summed E-state index contributed by atoms with van der Waals surface area (Å²) in [5, 5.41) is 61.0. The Labute approximate surface area is 611 Å². The van der Waals surface area contributed by atoms with Crippen molar-refractivity contribution >= 4 is 110 Å². The number of carboxylic acid groups (broad SMARTS) is 3. The molecule has 6 atom stereocenters. The van der Waals surface area contributed by atoms with Crippen molar-refractivity contribution in [2.45, 2.75) is 138 Å². The third-order valence-corrected chi connectivity index (χ3v) is 20.5. The molecule has 2 aromatic heterocycles. The van der Waals surface area contributed by atoms with E-state index < -0.39 is 185 Å². The third-order valence-electron chi connectivity index (χ3n) is 19.1. The number of oxime groups is 2. The Bertz CT molecular complexity index is 4830. The monoisotopic (exact) mass is 1510 g/mol. The van der Waals surface area contributed by atoms with E-state index in [1.807, 2.05) is 60.7 Å². The fourth-order valence-corrected chi connectivity index (χ4v) is 14.3. The van der Waals surface area contributed by atoms with E-state index in [9.17, 15) is 83.1 Å². The molecule has 35 nitrogen and oxygen atoms in total. The van der Waals surface area contributed by atoms with Crippen molar-refractivity contribution < 1.29 is 126 Å². The average Bonchev–Trinajstić information content (AvgIpc) is 1.56. The number of aromatic hydroxyl groups is 2. The van der Waals surface area contributed by atoms with Crippen molar-refractivity contribution in [1.29, 1.82) is 0 Å². The van der Waals surface area contributed by atoms with Gasteiger partial charge in [-0.15, -0.1) is 22.7 Å². The molecule has 4 amide bonds. The highest BCUT2D eigenvalue weighted by Gasteiger charge is 2.67. The van der Waals surface area contributed by atoms with Gasteiger partial charge < -0.3 is 74.4 Å². The zero-order valence-corrected chi connectivity index (χ0v) is 58.4. The molecule has 4 aromatic carbocycles. The van der Waals surface area contributed by atoms with Gasteiger partial charge in [0.2, 0.25) is 11.2 Å². The fourth-order valence-electron chi connectivity index (χ4n) is 13.1. The number of carbonyl (C=O) groups is 12. The highest BCUT2D eigenvalue weighted by Crippen LogP contribution is 2.52. The number of aromatic nitrogens is 2. The number of phenolic OH excluding ortho intramolecular Hbond substituents is 2. The van der Waals surface area contributed by atoms with Crippen LogP contribution in [0.3, 0.4) is 0 Å². The summed E-state index contributed by atoms with van der Waals surface area (Å²) in [6, 6.07) is 21.3. The molecule has 0 bridgehead atoms. The zero-order valence-electron chi connectivity index (χ0n) is 56.8. The number of ether oxygens (including phenoxy) is 5. The molecule has 2 aliphatic carbocycles. The van der Waals surface area contributed by atoms with Gasteiger partial charge in [0.25, 0.3) is 23.6 Å². The number of Topliss-reactive ketones (excluding diaryl/α,β-unsaturated/α-hetero) is 2. The van der Waals surface area contributed by atoms with Crippen molar-refractivity contribution in [2.24, 2.45) is 22.1 Å². The Hall–Kier alpha value is -12.0. The fraction of sp³-hybridized carbons (Fsp3) is 0.371. The van der Waals surface area contributed by atoms with E-state index in [-0.39, 0.29) is 77.7 Å². The molecule has 6 fully saturated rings. The van der Waals surface area contributed by atoms with E-state index in [4.69, 9.17) is 48.8 Å². The summed E-state index contributed by atoms with van der Waals surface area (Å²) in [5.74, 6) is -16.5. The van der Waals surface area contributed by atoms with Crippen LogP contribution in [0.2, 0.25) is 0 Å². The molecule has 37 heteroatoms. The molecule has 556 valence electrons.